The van der Waals surface area contributed by atoms with Gasteiger partial charge in [-0.3, -0.25) is 0 Å². The maximum Gasteiger partial charge on any atom is 0.126 e. The fraction of sp³-hybridized carbons (Fsp3) is 0.273. The molecule has 0 heterocycles. The van der Waals surface area contributed by atoms with Crippen molar-refractivity contribution in [2.24, 2.45) is 0 Å². The third kappa shape index (κ3) is 2.90. The molecule has 1 rings (SSSR count). The van der Waals surface area contributed by atoms with Gasteiger partial charge in [-0.2, -0.15) is 0 Å². The first-order chi connectivity index (χ1) is 6.09. The molecule has 0 aliphatic rings. The lowest BCUT2D eigenvalue weighted by Gasteiger charge is -2.06. The first kappa shape index (κ1) is 9.78. The summed E-state index contributed by atoms with van der Waals surface area (Å²) in [6.45, 7) is 7.78. The molecule has 0 saturated carbocycles. The summed E-state index contributed by atoms with van der Waals surface area (Å²) in [5.74, 6) is 0.476. The van der Waals surface area contributed by atoms with Crippen LogP contribution in [0.4, 0.5) is 4.39 Å². The average molecular weight is 180 g/mol. The number of hydrogen-bond acceptors (Lipinski definition) is 1. The maximum atomic E-state index is 12.8. The molecule has 0 amide bonds. The molecule has 1 nitrogen and oxygen atoms in total. The van der Waals surface area contributed by atoms with E-state index in [0.29, 0.717) is 17.9 Å². The SMILES string of the molecule is C=C(C)COc1ccc(F)c(C)c1. The van der Waals surface area contributed by atoms with E-state index in [4.69, 9.17) is 4.74 Å². The molecule has 0 bridgehead atoms. The first-order valence-corrected chi connectivity index (χ1v) is 4.13. The Morgan fingerprint density at radius 3 is 2.77 bits per heavy atom. The maximum absolute atomic E-state index is 12.8. The molecule has 1 aromatic rings. The molecular formula is C11H13FO. The molecule has 0 aliphatic heterocycles. The van der Waals surface area contributed by atoms with Gasteiger partial charge in [-0.25, -0.2) is 4.39 Å². The summed E-state index contributed by atoms with van der Waals surface area (Å²) in [5, 5.41) is 0. The largest absolute Gasteiger partial charge is 0.489 e. The van der Waals surface area contributed by atoms with Crippen LogP contribution in [0.15, 0.2) is 30.4 Å². The van der Waals surface area contributed by atoms with Gasteiger partial charge in [0, 0.05) is 0 Å². The molecule has 0 radical (unpaired) electrons. The lowest BCUT2D eigenvalue weighted by Crippen LogP contribution is -1.98. The Hall–Kier alpha value is -1.31. The fourth-order valence-electron chi connectivity index (χ4n) is 0.913. The predicted molar refractivity (Wildman–Crippen MR) is 51.4 cm³/mol. The minimum atomic E-state index is -0.206. The number of benzene rings is 1. The van der Waals surface area contributed by atoms with Gasteiger partial charge in [0.1, 0.15) is 18.2 Å². The zero-order valence-corrected chi connectivity index (χ0v) is 7.93. The van der Waals surface area contributed by atoms with E-state index >= 15 is 0 Å². The van der Waals surface area contributed by atoms with Gasteiger partial charge in [0.2, 0.25) is 0 Å². The Labute approximate surface area is 77.8 Å². The van der Waals surface area contributed by atoms with Crippen LogP contribution in [-0.4, -0.2) is 6.61 Å². The molecular weight excluding hydrogens is 167 g/mol. The summed E-state index contributed by atoms with van der Waals surface area (Å²) >= 11 is 0. The molecule has 0 aliphatic carbocycles. The molecule has 0 unspecified atom stereocenters. The molecule has 0 fully saturated rings. The topological polar surface area (TPSA) is 9.23 Å². The second-order valence-electron chi connectivity index (χ2n) is 3.16. The highest BCUT2D eigenvalue weighted by Gasteiger charge is 1.99. The van der Waals surface area contributed by atoms with Crippen molar-refractivity contribution in [3.63, 3.8) is 0 Å². The highest BCUT2D eigenvalue weighted by molar-refractivity contribution is 5.29. The van der Waals surface area contributed by atoms with E-state index in [1.165, 1.54) is 6.07 Å². The van der Waals surface area contributed by atoms with Crippen molar-refractivity contribution >= 4 is 0 Å². The lowest BCUT2D eigenvalue weighted by molar-refractivity contribution is 0.351. The van der Waals surface area contributed by atoms with Gasteiger partial charge in [0.05, 0.1) is 0 Å². The Kier molecular flexibility index (Phi) is 3.07. The smallest absolute Gasteiger partial charge is 0.126 e. The molecule has 0 atom stereocenters. The van der Waals surface area contributed by atoms with E-state index in [9.17, 15) is 4.39 Å². The molecule has 0 aromatic heterocycles. The van der Waals surface area contributed by atoms with E-state index in [2.05, 4.69) is 6.58 Å². The van der Waals surface area contributed by atoms with Crippen LogP contribution >= 0.6 is 0 Å². The Balaban J connectivity index is 2.68. The van der Waals surface area contributed by atoms with E-state index in [1.807, 2.05) is 6.92 Å². The summed E-state index contributed by atoms with van der Waals surface area (Å²) in [4.78, 5) is 0. The summed E-state index contributed by atoms with van der Waals surface area (Å²) in [6.07, 6.45) is 0. The fourth-order valence-corrected chi connectivity index (χ4v) is 0.913. The van der Waals surface area contributed by atoms with Crippen molar-refractivity contribution < 1.29 is 9.13 Å². The zero-order chi connectivity index (χ0) is 9.84. The summed E-state index contributed by atoms with van der Waals surface area (Å²) < 4.78 is 18.2. The Bertz CT molecular complexity index is 318. The van der Waals surface area contributed by atoms with Gasteiger partial charge < -0.3 is 4.74 Å². The van der Waals surface area contributed by atoms with Crippen molar-refractivity contribution in [3.05, 3.63) is 41.7 Å². The third-order valence-electron chi connectivity index (χ3n) is 1.61. The van der Waals surface area contributed by atoms with E-state index in [-0.39, 0.29) is 5.82 Å². The van der Waals surface area contributed by atoms with Gasteiger partial charge in [-0.15, -0.1) is 0 Å². The molecule has 2 heteroatoms. The van der Waals surface area contributed by atoms with E-state index < -0.39 is 0 Å². The van der Waals surface area contributed by atoms with Crippen LogP contribution in [0.1, 0.15) is 12.5 Å². The number of halogens is 1. The summed E-state index contributed by atoms with van der Waals surface area (Å²) in [7, 11) is 0. The minimum Gasteiger partial charge on any atom is -0.489 e. The molecule has 0 spiro atoms. The van der Waals surface area contributed by atoms with Gasteiger partial charge in [0.25, 0.3) is 0 Å². The number of rotatable bonds is 3. The standard InChI is InChI=1S/C11H13FO/c1-8(2)7-13-10-4-5-11(12)9(3)6-10/h4-6H,1,7H2,2-3H3. The zero-order valence-electron chi connectivity index (χ0n) is 7.93. The molecule has 13 heavy (non-hydrogen) atoms. The van der Waals surface area contributed by atoms with Crippen molar-refractivity contribution in [1.29, 1.82) is 0 Å². The second-order valence-corrected chi connectivity index (χ2v) is 3.16. The minimum absolute atomic E-state index is 0.206. The van der Waals surface area contributed by atoms with Crippen molar-refractivity contribution in [3.8, 4) is 5.75 Å². The number of aryl methyl sites for hydroxylation is 1. The van der Waals surface area contributed by atoms with Crippen LogP contribution in [0.3, 0.4) is 0 Å². The quantitative estimate of drug-likeness (QED) is 0.649. The number of hydrogen-bond donors (Lipinski definition) is 0. The van der Waals surface area contributed by atoms with Gasteiger partial charge in [-0.1, -0.05) is 6.58 Å². The van der Waals surface area contributed by atoms with Gasteiger partial charge in [0.15, 0.2) is 0 Å². The first-order valence-electron chi connectivity index (χ1n) is 4.13. The summed E-state index contributed by atoms with van der Waals surface area (Å²) in [5.41, 5.74) is 1.54. The van der Waals surface area contributed by atoms with Crippen molar-refractivity contribution in [1.82, 2.24) is 0 Å². The van der Waals surface area contributed by atoms with Crippen LogP contribution in [-0.2, 0) is 0 Å². The van der Waals surface area contributed by atoms with Crippen molar-refractivity contribution in [2.75, 3.05) is 6.61 Å². The normalized spacial score (nSPS) is 9.77. The van der Waals surface area contributed by atoms with Gasteiger partial charge >= 0.3 is 0 Å². The Morgan fingerprint density at radius 1 is 1.54 bits per heavy atom. The van der Waals surface area contributed by atoms with E-state index in [0.717, 1.165) is 5.57 Å². The third-order valence-corrected chi connectivity index (χ3v) is 1.61. The van der Waals surface area contributed by atoms with E-state index in [1.54, 1.807) is 19.1 Å². The molecule has 1 aromatic carbocycles. The number of ether oxygens (including phenoxy) is 1. The van der Waals surface area contributed by atoms with Crippen molar-refractivity contribution in [2.45, 2.75) is 13.8 Å². The van der Waals surface area contributed by atoms with Crippen LogP contribution < -0.4 is 4.74 Å². The second kappa shape index (κ2) is 4.08. The van der Waals surface area contributed by atoms with Crippen LogP contribution in [0.2, 0.25) is 0 Å². The van der Waals surface area contributed by atoms with Crippen LogP contribution in [0.5, 0.6) is 5.75 Å². The highest BCUT2D eigenvalue weighted by Crippen LogP contribution is 2.16. The monoisotopic (exact) mass is 180 g/mol. The Morgan fingerprint density at radius 2 is 2.23 bits per heavy atom. The summed E-state index contributed by atoms with van der Waals surface area (Å²) in [6, 6.07) is 4.70. The molecule has 0 saturated heterocycles. The lowest BCUT2D eigenvalue weighted by atomic mass is 10.2. The predicted octanol–water partition coefficient (Wildman–Crippen LogP) is 3.09. The van der Waals surface area contributed by atoms with Crippen LogP contribution in [0, 0.1) is 12.7 Å². The highest BCUT2D eigenvalue weighted by atomic mass is 19.1. The average Bonchev–Trinajstić information content (AvgIpc) is 2.07. The van der Waals surface area contributed by atoms with Gasteiger partial charge in [-0.05, 0) is 43.2 Å². The molecule has 70 valence electrons. The molecule has 0 N–H and O–H groups in total. The van der Waals surface area contributed by atoms with Crippen LogP contribution in [0.25, 0.3) is 0 Å².